The Balaban J connectivity index is 0.00000109. The number of hydrogen-bond acceptors (Lipinski definition) is 7. The van der Waals surface area contributed by atoms with Gasteiger partial charge in [-0.1, -0.05) is 25.7 Å². The summed E-state index contributed by atoms with van der Waals surface area (Å²) in [4.78, 5) is 49.4. The van der Waals surface area contributed by atoms with E-state index < -0.39 is 0 Å². The van der Waals surface area contributed by atoms with Gasteiger partial charge in [-0.15, -0.1) is 0 Å². The topological polar surface area (TPSA) is 151 Å². The molecule has 0 radical (unpaired) electrons. The van der Waals surface area contributed by atoms with Gasteiger partial charge < -0.3 is 20.3 Å². The van der Waals surface area contributed by atoms with Crippen LogP contribution in [0.15, 0.2) is 46.2 Å². The molecule has 0 atom stereocenters. The van der Waals surface area contributed by atoms with Gasteiger partial charge >= 0.3 is 5.69 Å². The maximum atomic E-state index is 12.9. The molecule has 0 aliphatic carbocycles. The van der Waals surface area contributed by atoms with E-state index in [0.29, 0.717) is 54.3 Å². The summed E-state index contributed by atoms with van der Waals surface area (Å²) in [5, 5.41) is 4.34. The highest BCUT2D eigenvalue weighted by molar-refractivity contribution is 5.75. The van der Waals surface area contributed by atoms with Crippen molar-refractivity contribution in [1.82, 2.24) is 28.9 Å². The molecular weight excluding hydrogens is 462 g/mol. The zero-order valence-electron chi connectivity index (χ0n) is 20.4. The summed E-state index contributed by atoms with van der Waals surface area (Å²) in [7, 11) is 0. The van der Waals surface area contributed by atoms with E-state index in [1.165, 1.54) is 4.57 Å². The van der Waals surface area contributed by atoms with E-state index in [2.05, 4.69) is 26.9 Å². The number of nitrogens with two attached hydrogens (primary N) is 1. The van der Waals surface area contributed by atoms with E-state index in [0.717, 1.165) is 12.0 Å². The van der Waals surface area contributed by atoms with Crippen LogP contribution in [0.2, 0.25) is 0 Å². The SMILES string of the molecule is C=O.C=O.CCCn1c(=O)c2[nH]c(-c3cnn(CC#Cc4ccc(N)cc4)c3)nc2n(CCC)c1=O. The van der Waals surface area contributed by atoms with Crippen LogP contribution in [-0.2, 0) is 29.2 Å². The van der Waals surface area contributed by atoms with Crippen LogP contribution in [0, 0.1) is 11.8 Å². The molecule has 3 N–H and O–H groups in total. The molecule has 1 aromatic carbocycles. The Hall–Kier alpha value is -4.72. The predicted molar refractivity (Wildman–Crippen MR) is 138 cm³/mol. The van der Waals surface area contributed by atoms with Crippen LogP contribution in [0.25, 0.3) is 22.6 Å². The number of rotatable bonds is 6. The van der Waals surface area contributed by atoms with Crippen molar-refractivity contribution in [2.75, 3.05) is 5.73 Å². The normalized spacial score (nSPS) is 9.94. The van der Waals surface area contributed by atoms with Crippen molar-refractivity contribution >= 4 is 30.4 Å². The zero-order valence-corrected chi connectivity index (χ0v) is 20.4. The number of benzene rings is 1. The lowest BCUT2D eigenvalue weighted by molar-refractivity contribution is -0.0987. The molecule has 4 aromatic rings. The van der Waals surface area contributed by atoms with E-state index in [9.17, 15) is 9.59 Å². The van der Waals surface area contributed by atoms with Crippen LogP contribution in [-0.4, -0.2) is 42.5 Å². The second kappa shape index (κ2) is 13.2. The monoisotopic (exact) mass is 491 g/mol. The van der Waals surface area contributed by atoms with Gasteiger partial charge in [0.25, 0.3) is 5.56 Å². The lowest BCUT2D eigenvalue weighted by Crippen LogP contribution is -2.40. The van der Waals surface area contributed by atoms with E-state index in [1.807, 2.05) is 57.9 Å². The molecule has 0 saturated heterocycles. The molecule has 11 nitrogen and oxygen atoms in total. The van der Waals surface area contributed by atoms with Crippen molar-refractivity contribution in [1.29, 1.82) is 0 Å². The van der Waals surface area contributed by atoms with E-state index in [-0.39, 0.29) is 11.2 Å². The predicted octanol–water partition coefficient (Wildman–Crippen LogP) is 1.83. The van der Waals surface area contributed by atoms with Gasteiger partial charge in [-0.2, -0.15) is 5.10 Å². The standard InChI is InChI=1S/C23H25N7O2.2CH2O/c1-3-11-29-21-19(22(31)30(12-4-2)23(29)32)26-20(27-21)17-14-25-28(15-17)13-5-6-16-7-9-18(24)10-8-16;2*1-2/h7-10,14-15H,3-4,11-13,24H2,1-2H3,(H,26,27);2*1H2. The first-order chi connectivity index (χ1) is 17.5. The van der Waals surface area contributed by atoms with Gasteiger partial charge in [-0.25, -0.2) is 9.78 Å². The van der Waals surface area contributed by atoms with Crippen molar-refractivity contribution in [3.05, 3.63) is 63.1 Å². The summed E-state index contributed by atoms with van der Waals surface area (Å²) < 4.78 is 4.53. The smallest absolute Gasteiger partial charge is 0.332 e. The zero-order chi connectivity index (χ0) is 26.7. The molecule has 0 unspecified atom stereocenters. The number of nitrogen functional groups attached to an aromatic ring is 1. The maximum absolute atomic E-state index is 12.9. The molecule has 0 aliphatic rings. The van der Waals surface area contributed by atoms with Gasteiger partial charge in [0, 0.05) is 30.5 Å². The fraction of sp³-hybridized carbons (Fsp3) is 0.280. The fourth-order valence-electron chi connectivity index (χ4n) is 3.51. The molecular formula is C25H29N7O4. The lowest BCUT2D eigenvalue weighted by atomic mass is 10.2. The summed E-state index contributed by atoms with van der Waals surface area (Å²) in [6.07, 6.45) is 4.92. The molecule has 11 heteroatoms. The van der Waals surface area contributed by atoms with Gasteiger partial charge in [0.15, 0.2) is 5.65 Å². The third-order valence-electron chi connectivity index (χ3n) is 5.05. The van der Waals surface area contributed by atoms with E-state index in [4.69, 9.17) is 15.3 Å². The highest BCUT2D eigenvalue weighted by Gasteiger charge is 2.18. The maximum Gasteiger partial charge on any atom is 0.332 e. The van der Waals surface area contributed by atoms with E-state index >= 15 is 0 Å². The number of carbonyl (C=O) groups is 2. The second-order valence-electron chi connectivity index (χ2n) is 7.53. The van der Waals surface area contributed by atoms with Gasteiger partial charge in [0.05, 0.1) is 11.8 Å². The number of fused-ring (bicyclic) bond motifs is 1. The van der Waals surface area contributed by atoms with Gasteiger partial charge in [-0.3, -0.25) is 18.6 Å². The summed E-state index contributed by atoms with van der Waals surface area (Å²) in [6.45, 7) is 9.17. The molecule has 0 fully saturated rings. The summed E-state index contributed by atoms with van der Waals surface area (Å²) in [5.74, 6) is 6.64. The first kappa shape index (κ1) is 27.5. The molecule has 0 amide bonds. The largest absolute Gasteiger partial charge is 0.399 e. The number of nitrogens with zero attached hydrogens (tertiary/aromatic N) is 5. The molecule has 4 rings (SSSR count). The minimum atomic E-state index is -0.347. The van der Waals surface area contributed by atoms with Crippen LogP contribution in [0.4, 0.5) is 5.69 Å². The lowest BCUT2D eigenvalue weighted by Gasteiger charge is -2.09. The molecule has 3 aromatic heterocycles. The molecule has 0 spiro atoms. The van der Waals surface area contributed by atoms with Crippen LogP contribution < -0.4 is 17.0 Å². The molecule has 188 valence electrons. The number of nitrogens with one attached hydrogen (secondary N) is 1. The Bertz CT molecular complexity index is 1460. The summed E-state index contributed by atoms with van der Waals surface area (Å²) >= 11 is 0. The molecule has 0 aliphatic heterocycles. The Labute approximate surface area is 207 Å². The highest BCUT2D eigenvalue weighted by atomic mass is 16.2. The number of imidazole rings is 1. The van der Waals surface area contributed by atoms with Gasteiger partial charge in [-0.05, 0) is 37.1 Å². The molecule has 36 heavy (non-hydrogen) atoms. The van der Waals surface area contributed by atoms with Crippen molar-refractivity contribution in [2.24, 2.45) is 0 Å². The van der Waals surface area contributed by atoms with Crippen molar-refractivity contribution in [2.45, 2.75) is 46.3 Å². The Morgan fingerprint density at radius 1 is 1.00 bits per heavy atom. The average molecular weight is 492 g/mol. The first-order valence-corrected chi connectivity index (χ1v) is 11.2. The van der Waals surface area contributed by atoms with Crippen molar-refractivity contribution in [3.8, 4) is 23.2 Å². The van der Waals surface area contributed by atoms with Gasteiger partial charge in [0.1, 0.15) is 31.5 Å². The Kier molecular flexibility index (Phi) is 10.1. The van der Waals surface area contributed by atoms with Crippen LogP contribution >= 0.6 is 0 Å². The minimum absolute atomic E-state index is 0.321. The number of hydrogen-bond donors (Lipinski definition) is 2. The third-order valence-corrected chi connectivity index (χ3v) is 5.05. The highest BCUT2D eigenvalue weighted by Crippen LogP contribution is 2.18. The first-order valence-electron chi connectivity index (χ1n) is 11.2. The minimum Gasteiger partial charge on any atom is -0.399 e. The number of H-pyrrole nitrogens is 1. The Morgan fingerprint density at radius 2 is 1.64 bits per heavy atom. The van der Waals surface area contributed by atoms with Crippen molar-refractivity contribution < 1.29 is 9.59 Å². The number of carbonyl (C=O) groups excluding carboxylic acids is 2. The number of aromatic nitrogens is 6. The van der Waals surface area contributed by atoms with Gasteiger partial charge in [0.2, 0.25) is 0 Å². The van der Waals surface area contributed by atoms with Crippen LogP contribution in [0.5, 0.6) is 0 Å². The summed E-state index contributed by atoms with van der Waals surface area (Å²) in [6, 6.07) is 7.35. The average Bonchev–Trinajstić information content (AvgIpc) is 3.56. The Morgan fingerprint density at radius 3 is 2.28 bits per heavy atom. The molecule has 0 bridgehead atoms. The number of aryl methyl sites for hydroxylation is 1. The quantitative estimate of drug-likeness (QED) is 0.308. The third kappa shape index (κ3) is 6.04. The summed E-state index contributed by atoms with van der Waals surface area (Å²) in [5.41, 5.74) is 8.01. The molecule has 0 saturated carbocycles. The van der Waals surface area contributed by atoms with Crippen LogP contribution in [0.1, 0.15) is 32.3 Å². The van der Waals surface area contributed by atoms with Crippen LogP contribution in [0.3, 0.4) is 0 Å². The second-order valence-corrected chi connectivity index (χ2v) is 7.53. The van der Waals surface area contributed by atoms with E-state index in [1.54, 1.807) is 15.4 Å². The fourth-order valence-corrected chi connectivity index (χ4v) is 3.51. The number of aromatic amines is 1. The van der Waals surface area contributed by atoms with Crippen molar-refractivity contribution in [3.63, 3.8) is 0 Å². The number of anilines is 1. The molecule has 3 heterocycles.